The van der Waals surface area contributed by atoms with Crippen molar-refractivity contribution in [1.29, 1.82) is 0 Å². The van der Waals surface area contributed by atoms with Gasteiger partial charge in [-0.2, -0.15) is 0 Å². The van der Waals surface area contributed by atoms with Crippen LogP contribution in [0, 0.1) is 5.82 Å². The van der Waals surface area contributed by atoms with Crippen molar-refractivity contribution in [3.05, 3.63) is 34.1 Å². The lowest BCUT2D eigenvalue weighted by molar-refractivity contribution is 0.521. The Labute approximate surface area is 108 Å². The van der Waals surface area contributed by atoms with Crippen molar-refractivity contribution in [2.24, 2.45) is 5.73 Å². The molecule has 0 saturated heterocycles. The summed E-state index contributed by atoms with van der Waals surface area (Å²) in [5, 5.41) is 0.206. The summed E-state index contributed by atoms with van der Waals surface area (Å²) in [4.78, 5) is 0. The van der Waals surface area contributed by atoms with Crippen molar-refractivity contribution in [1.82, 2.24) is 0 Å². The molecule has 0 heterocycles. The fourth-order valence-electron chi connectivity index (χ4n) is 1.73. The van der Waals surface area contributed by atoms with Gasteiger partial charge >= 0.3 is 0 Å². The molecule has 1 nitrogen and oxygen atoms in total. The summed E-state index contributed by atoms with van der Waals surface area (Å²) in [6.07, 6.45) is 1.71. The molecule has 0 bridgehead atoms. The van der Waals surface area contributed by atoms with Gasteiger partial charge in [-0.1, -0.05) is 38.4 Å². The smallest absolute Gasteiger partial charge is 0.145 e. The second kappa shape index (κ2) is 5.36. The van der Waals surface area contributed by atoms with Crippen LogP contribution in [0.3, 0.4) is 0 Å². The van der Waals surface area contributed by atoms with Crippen LogP contribution in [-0.2, 0) is 11.8 Å². The van der Waals surface area contributed by atoms with E-state index in [0.29, 0.717) is 5.56 Å². The van der Waals surface area contributed by atoms with E-state index in [0.717, 1.165) is 18.4 Å². The molecule has 0 aliphatic carbocycles. The van der Waals surface area contributed by atoms with Gasteiger partial charge in [-0.3, -0.25) is 0 Å². The fraction of sp³-hybridized carbons (Fsp3) is 0.571. The molecule has 3 heteroatoms. The van der Waals surface area contributed by atoms with Crippen LogP contribution < -0.4 is 5.73 Å². The molecular formula is C14H21ClFN. The maximum Gasteiger partial charge on any atom is 0.145 e. The van der Waals surface area contributed by atoms with Gasteiger partial charge in [-0.05, 0) is 42.4 Å². The average Bonchev–Trinajstić information content (AvgIpc) is 2.17. The van der Waals surface area contributed by atoms with Gasteiger partial charge in [-0.25, -0.2) is 4.39 Å². The van der Waals surface area contributed by atoms with E-state index in [9.17, 15) is 4.39 Å². The van der Waals surface area contributed by atoms with E-state index < -0.39 is 0 Å². The summed E-state index contributed by atoms with van der Waals surface area (Å²) in [6.45, 7) is 7.92. The summed E-state index contributed by atoms with van der Waals surface area (Å²) in [6, 6.07) is 3.76. The van der Waals surface area contributed by atoms with Crippen LogP contribution in [0.4, 0.5) is 4.39 Å². The zero-order valence-electron chi connectivity index (χ0n) is 11.0. The number of benzene rings is 1. The molecule has 2 N–H and O–H groups in total. The Morgan fingerprint density at radius 3 is 2.41 bits per heavy atom. The minimum atomic E-state index is -0.302. The first kappa shape index (κ1) is 14.5. The first-order valence-electron chi connectivity index (χ1n) is 5.96. The standard InChI is InChI=1S/C14H21ClFN/c1-9(17)5-6-10-7-11(14(2,3)4)13(16)12(15)8-10/h7-9H,5-6,17H2,1-4H3/t9-/m1/s1. The minimum absolute atomic E-state index is 0.150. The third-order valence-corrected chi connectivity index (χ3v) is 3.06. The van der Waals surface area contributed by atoms with Crippen LogP contribution in [0.2, 0.25) is 5.02 Å². The van der Waals surface area contributed by atoms with E-state index in [1.807, 2.05) is 33.8 Å². The molecule has 17 heavy (non-hydrogen) atoms. The highest BCUT2D eigenvalue weighted by Crippen LogP contribution is 2.30. The number of nitrogens with two attached hydrogens (primary N) is 1. The molecule has 1 rings (SSSR count). The third kappa shape index (κ3) is 3.97. The molecule has 0 fully saturated rings. The fourth-order valence-corrected chi connectivity index (χ4v) is 1.97. The van der Waals surface area contributed by atoms with E-state index in [1.54, 1.807) is 6.07 Å². The highest BCUT2D eigenvalue weighted by atomic mass is 35.5. The number of hydrogen-bond acceptors (Lipinski definition) is 1. The molecule has 1 aromatic carbocycles. The van der Waals surface area contributed by atoms with Gasteiger partial charge in [0.05, 0.1) is 5.02 Å². The molecule has 0 aliphatic rings. The zero-order chi connectivity index (χ0) is 13.2. The second-order valence-corrected chi connectivity index (χ2v) is 6.11. The largest absolute Gasteiger partial charge is 0.328 e. The lowest BCUT2D eigenvalue weighted by Crippen LogP contribution is -2.17. The number of hydrogen-bond donors (Lipinski definition) is 1. The molecule has 0 saturated carbocycles. The van der Waals surface area contributed by atoms with Gasteiger partial charge < -0.3 is 5.73 Å². The summed E-state index contributed by atoms with van der Waals surface area (Å²) < 4.78 is 13.9. The van der Waals surface area contributed by atoms with Crippen LogP contribution in [0.25, 0.3) is 0 Å². The van der Waals surface area contributed by atoms with Gasteiger partial charge in [0.15, 0.2) is 0 Å². The zero-order valence-corrected chi connectivity index (χ0v) is 11.7. The minimum Gasteiger partial charge on any atom is -0.328 e. The number of halogens is 2. The average molecular weight is 258 g/mol. The second-order valence-electron chi connectivity index (χ2n) is 5.71. The van der Waals surface area contributed by atoms with Gasteiger partial charge in [0.1, 0.15) is 5.82 Å². The first-order chi connectivity index (χ1) is 7.71. The normalized spacial score (nSPS) is 13.8. The molecule has 1 aromatic rings. The summed E-state index contributed by atoms with van der Waals surface area (Å²) in [7, 11) is 0. The number of rotatable bonds is 3. The van der Waals surface area contributed by atoms with Crippen LogP contribution in [0.5, 0.6) is 0 Å². The highest BCUT2D eigenvalue weighted by molar-refractivity contribution is 6.30. The van der Waals surface area contributed by atoms with Crippen molar-refractivity contribution in [3.8, 4) is 0 Å². The van der Waals surface area contributed by atoms with Gasteiger partial charge in [0.25, 0.3) is 0 Å². The Kier molecular flexibility index (Phi) is 4.56. The molecule has 0 amide bonds. The van der Waals surface area contributed by atoms with E-state index in [2.05, 4.69) is 0 Å². The molecule has 0 aromatic heterocycles. The Balaban J connectivity index is 3.07. The lowest BCUT2D eigenvalue weighted by atomic mass is 9.85. The summed E-state index contributed by atoms with van der Waals surface area (Å²) >= 11 is 5.93. The van der Waals surface area contributed by atoms with Crippen molar-refractivity contribution >= 4 is 11.6 Å². The molecular weight excluding hydrogens is 237 g/mol. The monoisotopic (exact) mass is 257 g/mol. The third-order valence-electron chi connectivity index (χ3n) is 2.78. The van der Waals surface area contributed by atoms with E-state index >= 15 is 0 Å². The van der Waals surface area contributed by atoms with E-state index in [1.165, 1.54) is 0 Å². The molecule has 96 valence electrons. The van der Waals surface area contributed by atoms with Gasteiger partial charge in [0.2, 0.25) is 0 Å². The quantitative estimate of drug-likeness (QED) is 0.868. The van der Waals surface area contributed by atoms with Gasteiger partial charge in [0, 0.05) is 6.04 Å². The Hall–Kier alpha value is -0.600. The predicted octanol–water partition coefficient (Wildman–Crippen LogP) is 4.06. The molecule has 1 atom stereocenters. The Morgan fingerprint density at radius 2 is 1.94 bits per heavy atom. The SMILES string of the molecule is C[C@@H](N)CCc1cc(Cl)c(F)c(C(C)(C)C)c1. The summed E-state index contributed by atoms with van der Waals surface area (Å²) in [5.74, 6) is -0.302. The maximum absolute atomic E-state index is 13.9. The van der Waals surface area contributed by atoms with Crippen molar-refractivity contribution < 1.29 is 4.39 Å². The van der Waals surface area contributed by atoms with Crippen molar-refractivity contribution in [2.75, 3.05) is 0 Å². The van der Waals surface area contributed by atoms with Crippen LogP contribution in [-0.4, -0.2) is 6.04 Å². The van der Waals surface area contributed by atoms with Crippen molar-refractivity contribution in [3.63, 3.8) is 0 Å². The highest BCUT2D eigenvalue weighted by Gasteiger charge is 2.21. The predicted molar refractivity (Wildman–Crippen MR) is 72.1 cm³/mol. The van der Waals surface area contributed by atoms with Gasteiger partial charge in [-0.15, -0.1) is 0 Å². The lowest BCUT2D eigenvalue weighted by Gasteiger charge is -2.21. The number of aryl methyl sites for hydroxylation is 1. The molecule has 0 radical (unpaired) electrons. The Morgan fingerprint density at radius 1 is 1.35 bits per heavy atom. The first-order valence-corrected chi connectivity index (χ1v) is 6.33. The maximum atomic E-state index is 13.9. The van der Waals surface area contributed by atoms with Crippen LogP contribution in [0.15, 0.2) is 12.1 Å². The van der Waals surface area contributed by atoms with E-state index in [4.69, 9.17) is 17.3 Å². The van der Waals surface area contributed by atoms with Crippen LogP contribution in [0.1, 0.15) is 45.2 Å². The summed E-state index contributed by atoms with van der Waals surface area (Å²) in [5.41, 5.74) is 7.21. The molecule has 0 aliphatic heterocycles. The van der Waals surface area contributed by atoms with Crippen molar-refractivity contribution in [2.45, 2.75) is 52.0 Å². The molecule has 0 spiro atoms. The Bertz CT molecular complexity index is 394. The molecule has 0 unspecified atom stereocenters. The van der Waals surface area contributed by atoms with E-state index in [-0.39, 0.29) is 22.3 Å². The topological polar surface area (TPSA) is 26.0 Å². The van der Waals surface area contributed by atoms with Crippen LogP contribution >= 0.6 is 11.6 Å².